The molecule has 11 nitrogen and oxygen atoms in total. The minimum absolute atomic E-state index is 0.102. The zero-order valence-corrected chi connectivity index (χ0v) is 21.9. The number of ether oxygens (including phenoxy) is 5. The number of para-hydroxylation sites is 1. The molecule has 0 radical (unpaired) electrons. The quantitative estimate of drug-likeness (QED) is 0.126. The van der Waals surface area contributed by atoms with Gasteiger partial charge in [-0.05, 0) is 31.2 Å². The molecule has 41 heavy (non-hydrogen) atoms. The Morgan fingerprint density at radius 2 is 1.71 bits per heavy atom. The molecule has 0 saturated carbocycles. The third-order valence-corrected chi connectivity index (χ3v) is 6.30. The number of carbonyl (C=O) groups is 2. The molecule has 1 fully saturated rings. The molecule has 1 saturated heterocycles. The van der Waals surface area contributed by atoms with Gasteiger partial charge in [0.15, 0.2) is 0 Å². The number of hydrogen-bond acceptors (Lipinski definition) is 10. The largest absolute Gasteiger partial charge is 0.491 e. The molecule has 3 atom stereocenters. The molecule has 4 rings (SSSR count). The second-order valence-electron chi connectivity index (χ2n) is 9.01. The van der Waals surface area contributed by atoms with Crippen LogP contribution in [0.1, 0.15) is 18.4 Å². The maximum absolute atomic E-state index is 14.0. The number of rotatable bonds is 11. The van der Waals surface area contributed by atoms with Crippen LogP contribution in [0.4, 0.5) is 18.9 Å². The van der Waals surface area contributed by atoms with Gasteiger partial charge < -0.3 is 23.7 Å². The Kier molecular flexibility index (Phi) is 8.91. The first-order valence-electron chi connectivity index (χ1n) is 12.3. The Morgan fingerprint density at radius 1 is 1.07 bits per heavy atom. The molecule has 0 amide bonds. The van der Waals surface area contributed by atoms with Gasteiger partial charge in [0.2, 0.25) is 0 Å². The summed E-state index contributed by atoms with van der Waals surface area (Å²) in [6.07, 6.45) is -5.00. The lowest BCUT2D eigenvalue weighted by atomic mass is 9.74. The number of nitro benzene ring substituents is 1. The lowest BCUT2D eigenvalue weighted by molar-refractivity contribution is -0.385. The number of epoxide rings is 1. The van der Waals surface area contributed by atoms with Crippen LogP contribution < -0.4 is 9.47 Å². The number of hydrogen-bond donors (Lipinski definition) is 0. The number of nitrogens with zero attached hydrogens (tertiary/aromatic N) is 2. The summed E-state index contributed by atoms with van der Waals surface area (Å²) in [5, 5.41) is 11.8. The zero-order chi connectivity index (χ0) is 29.7. The lowest BCUT2D eigenvalue weighted by Crippen LogP contribution is -2.44. The average Bonchev–Trinajstić information content (AvgIpc) is 3.78. The fraction of sp³-hybridized carbons (Fsp3) is 0.370. The molecule has 0 bridgehead atoms. The van der Waals surface area contributed by atoms with Gasteiger partial charge >= 0.3 is 18.1 Å². The van der Waals surface area contributed by atoms with E-state index in [-0.39, 0.29) is 24.9 Å². The summed E-state index contributed by atoms with van der Waals surface area (Å²) < 4.78 is 68.1. The molecule has 0 N–H and O–H groups in total. The number of allylic oxidation sites excluding steroid dienone is 1. The number of esters is 2. The fourth-order valence-corrected chi connectivity index (χ4v) is 4.36. The van der Waals surface area contributed by atoms with E-state index in [9.17, 15) is 32.9 Å². The summed E-state index contributed by atoms with van der Waals surface area (Å²) >= 11 is 0. The first-order valence-corrected chi connectivity index (χ1v) is 12.3. The summed E-state index contributed by atoms with van der Waals surface area (Å²) in [6.45, 7) is 1.78. The van der Waals surface area contributed by atoms with E-state index in [0.29, 0.717) is 24.7 Å². The summed E-state index contributed by atoms with van der Waals surface area (Å²) in [7, 11) is 0.869. The Bertz CT molecular complexity index is 1370. The van der Waals surface area contributed by atoms with E-state index >= 15 is 0 Å². The van der Waals surface area contributed by atoms with Gasteiger partial charge in [0.05, 0.1) is 24.2 Å². The molecule has 0 aromatic heterocycles. The van der Waals surface area contributed by atoms with Crippen LogP contribution in [0.5, 0.6) is 11.5 Å². The van der Waals surface area contributed by atoms with Crippen molar-refractivity contribution in [3.63, 3.8) is 0 Å². The highest BCUT2D eigenvalue weighted by Gasteiger charge is 2.53. The molecule has 3 unspecified atom stereocenters. The van der Waals surface area contributed by atoms with E-state index in [1.807, 2.05) is 0 Å². The van der Waals surface area contributed by atoms with E-state index in [1.165, 1.54) is 18.2 Å². The SMILES string of the molecule is COC(=O)C1C(C(F)(F)F)=NC(C)=C(C(=O)OCCOc2ccc(OCC3CO3)cc2)C1c1ccccc1[N+](=O)[O-]. The third kappa shape index (κ3) is 7.01. The van der Waals surface area contributed by atoms with Gasteiger partial charge in [0.1, 0.15) is 49.1 Å². The summed E-state index contributed by atoms with van der Waals surface area (Å²) in [4.78, 5) is 40.4. The van der Waals surface area contributed by atoms with Gasteiger partial charge in [0, 0.05) is 23.2 Å². The average molecular weight is 578 g/mol. The molecule has 2 aromatic rings. The lowest BCUT2D eigenvalue weighted by Gasteiger charge is -2.32. The van der Waals surface area contributed by atoms with E-state index in [1.54, 1.807) is 24.3 Å². The van der Waals surface area contributed by atoms with Crippen molar-refractivity contribution in [1.29, 1.82) is 0 Å². The van der Waals surface area contributed by atoms with Crippen molar-refractivity contribution in [1.82, 2.24) is 0 Å². The van der Waals surface area contributed by atoms with Gasteiger partial charge in [0.25, 0.3) is 5.69 Å². The Hall–Kier alpha value is -4.46. The molecule has 14 heteroatoms. The monoisotopic (exact) mass is 578 g/mol. The highest BCUT2D eigenvalue weighted by Crippen LogP contribution is 2.46. The van der Waals surface area contributed by atoms with Crippen molar-refractivity contribution in [3.05, 3.63) is 75.5 Å². The number of nitro groups is 1. The maximum Gasteiger partial charge on any atom is 0.430 e. The van der Waals surface area contributed by atoms with Crippen LogP contribution in [-0.4, -0.2) is 68.4 Å². The van der Waals surface area contributed by atoms with Crippen LogP contribution in [-0.2, 0) is 23.8 Å². The molecule has 2 heterocycles. The van der Waals surface area contributed by atoms with Crippen molar-refractivity contribution >= 4 is 23.3 Å². The van der Waals surface area contributed by atoms with Crippen molar-refractivity contribution in [2.75, 3.05) is 33.5 Å². The fourth-order valence-electron chi connectivity index (χ4n) is 4.36. The van der Waals surface area contributed by atoms with E-state index < -0.39 is 57.5 Å². The third-order valence-electron chi connectivity index (χ3n) is 6.30. The minimum Gasteiger partial charge on any atom is -0.491 e. The van der Waals surface area contributed by atoms with E-state index in [4.69, 9.17) is 18.9 Å². The highest BCUT2D eigenvalue weighted by atomic mass is 19.4. The molecular weight excluding hydrogens is 553 g/mol. The van der Waals surface area contributed by atoms with Crippen LogP contribution in [0, 0.1) is 16.0 Å². The number of benzene rings is 2. The predicted molar refractivity (Wildman–Crippen MR) is 136 cm³/mol. The normalized spacial score (nSPS) is 20.1. The van der Waals surface area contributed by atoms with Crippen molar-refractivity contribution in [3.8, 4) is 11.5 Å². The first-order chi connectivity index (χ1) is 19.5. The maximum atomic E-state index is 14.0. The van der Waals surface area contributed by atoms with Crippen LogP contribution in [0.15, 0.2) is 64.8 Å². The van der Waals surface area contributed by atoms with E-state index in [2.05, 4.69) is 9.73 Å². The number of halogens is 3. The van der Waals surface area contributed by atoms with Crippen LogP contribution in [0.2, 0.25) is 0 Å². The molecule has 0 spiro atoms. The first kappa shape index (κ1) is 29.5. The Labute approximate surface area is 231 Å². The van der Waals surface area contributed by atoms with Crippen molar-refractivity contribution < 1.29 is 51.4 Å². The number of aliphatic imine (C=N–C) groups is 1. The molecule has 2 aromatic carbocycles. The number of carbonyl (C=O) groups excluding carboxylic acids is 2. The van der Waals surface area contributed by atoms with Crippen molar-refractivity contribution in [2.45, 2.75) is 25.1 Å². The zero-order valence-electron chi connectivity index (χ0n) is 21.9. The molecule has 0 aliphatic carbocycles. The summed E-state index contributed by atoms with van der Waals surface area (Å²) in [5.74, 6) is -5.40. The predicted octanol–water partition coefficient (Wildman–Crippen LogP) is 4.16. The minimum atomic E-state index is -5.10. The van der Waals surface area contributed by atoms with Gasteiger partial charge in [-0.2, -0.15) is 13.2 Å². The second kappa shape index (κ2) is 12.4. The van der Waals surface area contributed by atoms with Gasteiger partial charge in [-0.3, -0.25) is 19.9 Å². The van der Waals surface area contributed by atoms with Gasteiger partial charge in [-0.15, -0.1) is 0 Å². The number of alkyl halides is 3. The molecule has 2 aliphatic heterocycles. The Balaban J connectivity index is 1.55. The number of methoxy groups -OCH3 is 1. The topological polar surface area (TPSA) is 139 Å². The van der Waals surface area contributed by atoms with Crippen molar-refractivity contribution in [2.24, 2.45) is 10.9 Å². The Morgan fingerprint density at radius 3 is 2.29 bits per heavy atom. The molecule has 218 valence electrons. The van der Waals surface area contributed by atoms with Crippen LogP contribution >= 0.6 is 0 Å². The molecule has 2 aliphatic rings. The molecular formula is C27H25F3N2O9. The smallest absolute Gasteiger partial charge is 0.430 e. The second-order valence-corrected chi connectivity index (χ2v) is 9.01. The summed E-state index contributed by atoms with van der Waals surface area (Å²) in [5.41, 5.74) is -3.28. The van der Waals surface area contributed by atoms with Crippen LogP contribution in [0.25, 0.3) is 0 Å². The highest BCUT2D eigenvalue weighted by molar-refractivity contribution is 6.10. The standard InChI is InChI=1S/C27H25F3N2O9/c1-15-21(26(34)39-12-11-38-16-7-9-17(10-8-16)40-13-18-14-41-18)22(19-5-3-4-6-20(19)32(35)36)23(25(33)37-2)24(31-15)27(28,29)30/h3-10,18,22-23H,11-14H2,1-2H3. The van der Waals surface area contributed by atoms with E-state index in [0.717, 1.165) is 20.1 Å². The van der Waals surface area contributed by atoms with Gasteiger partial charge in [-0.25, -0.2) is 4.79 Å². The summed E-state index contributed by atoms with van der Waals surface area (Å²) in [6, 6.07) is 11.5. The van der Waals surface area contributed by atoms with Gasteiger partial charge in [-0.1, -0.05) is 18.2 Å². The van der Waals surface area contributed by atoms with Crippen LogP contribution in [0.3, 0.4) is 0 Å².